The molecule has 1 aliphatic rings. The number of nitrogens with two attached hydrogens (primary N) is 1. The Morgan fingerprint density at radius 2 is 2.35 bits per heavy atom. The third kappa shape index (κ3) is 3.31. The Morgan fingerprint density at radius 1 is 1.53 bits per heavy atom. The van der Waals surface area contributed by atoms with Crippen LogP contribution in [0.5, 0.6) is 0 Å². The zero-order valence-corrected chi connectivity index (χ0v) is 11.0. The van der Waals surface area contributed by atoms with E-state index in [1.54, 1.807) is 6.07 Å². The van der Waals surface area contributed by atoms with Gasteiger partial charge in [0, 0.05) is 28.9 Å². The van der Waals surface area contributed by atoms with E-state index in [0.29, 0.717) is 16.1 Å². The van der Waals surface area contributed by atoms with Crippen molar-refractivity contribution in [3.05, 3.63) is 28.8 Å². The molecule has 0 spiro atoms. The van der Waals surface area contributed by atoms with Gasteiger partial charge in [0.15, 0.2) is 0 Å². The summed E-state index contributed by atoms with van der Waals surface area (Å²) in [6.07, 6.45) is 2.17. The summed E-state index contributed by atoms with van der Waals surface area (Å²) < 4.78 is 5.43. The molecule has 1 heterocycles. The van der Waals surface area contributed by atoms with Gasteiger partial charge in [0.2, 0.25) is 0 Å². The highest BCUT2D eigenvalue weighted by molar-refractivity contribution is 7.80. The molecular weight excluding hydrogens is 256 g/mol. The Labute approximate surface area is 111 Å². The number of anilines is 1. The number of nitrogens with one attached hydrogen (secondary N) is 1. The molecule has 5 heteroatoms. The first-order valence-electron chi connectivity index (χ1n) is 5.60. The molecule has 17 heavy (non-hydrogen) atoms. The fourth-order valence-electron chi connectivity index (χ4n) is 1.92. The highest BCUT2D eigenvalue weighted by Gasteiger charge is 2.15. The van der Waals surface area contributed by atoms with Gasteiger partial charge >= 0.3 is 0 Å². The Bertz CT molecular complexity index is 419. The molecule has 0 radical (unpaired) electrons. The van der Waals surface area contributed by atoms with E-state index in [-0.39, 0.29) is 0 Å². The fourth-order valence-corrected chi connectivity index (χ4v) is 2.26. The van der Waals surface area contributed by atoms with E-state index in [1.807, 2.05) is 12.1 Å². The van der Waals surface area contributed by atoms with Gasteiger partial charge in [-0.25, -0.2) is 0 Å². The van der Waals surface area contributed by atoms with Gasteiger partial charge in [0.05, 0.1) is 6.61 Å². The molecule has 1 aliphatic heterocycles. The summed E-state index contributed by atoms with van der Waals surface area (Å²) in [5.74, 6) is 0. The number of hydrogen-bond donors (Lipinski definition) is 2. The molecule has 1 aromatic rings. The molecule has 1 saturated heterocycles. The lowest BCUT2D eigenvalue weighted by atomic mass is 10.1. The molecule has 3 N–H and O–H groups in total. The maximum atomic E-state index is 5.94. The van der Waals surface area contributed by atoms with Crippen molar-refractivity contribution in [3.63, 3.8) is 0 Å². The summed E-state index contributed by atoms with van der Waals surface area (Å²) in [6, 6.07) is 5.84. The number of rotatable bonds is 3. The van der Waals surface area contributed by atoms with E-state index >= 15 is 0 Å². The molecule has 0 aromatic heterocycles. The molecule has 1 aromatic carbocycles. The normalized spacial score (nSPS) is 19.9. The number of thiocarbonyl (C=S) groups is 1. The van der Waals surface area contributed by atoms with Crippen molar-refractivity contribution in [2.75, 3.05) is 18.5 Å². The molecule has 0 saturated carbocycles. The zero-order chi connectivity index (χ0) is 12.3. The molecule has 92 valence electrons. The third-order valence-electron chi connectivity index (χ3n) is 2.77. The predicted octanol–water partition coefficient (Wildman–Crippen LogP) is 2.57. The van der Waals surface area contributed by atoms with Crippen LogP contribution in [0.2, 0.25) is 5.02 Å². The van der Waals surface area contributed by atoms with Crippen LogP contribution >= 0.6 is 23.8 Å². The Balaban J connectivity index is 2.16. The SMILES string of the molecule is NC(=S)c1cc(Cl)ccc1NC1CCCOC1. The smallest absolute Gasteiger partial charge is 0.106 e. The van der Waals surface area contributed by atoms with Crippen LogP contribution in [0.4, 0.5) is 5.69 Å². The van der Waals surface area contributed by atoms with E-state index < -0.39 is 0 Å². The van der Waals surface area contributed by atoms with Crippen molar-refractivity contribution in [1.29, 1.82) is 0 Å². The molecule has 2 rings (SSSR count). The van der Waals surface area contributed by atoms with Crippen molar-refractivity contribution >= 4 is 34.5 Å². The quantitative estimate of drug-likeness (QED) is 0.829. The minimum atomic E-state index is 0.318. The molecule has 1 unspecified atom stereocenters. The first-order chi connectivity index (χ1) is 8.16. The summed E-state index contributed by atoms with van der Waals surface area (Å²) in [7, 11) is 0. The van der Waals surface area contributed by atoms with Crippen molar-refractivity contribution in [1.82, 2.24) is 0 Å². The highest BCUT2D eigenvalue weighted by Crippen LogP contribution is 2.23. The fraction of sp³-hybridized carbons (Fsp3) is 0.417. The summed E-state index contributed by atoms with van der Waals surface area (Å²) in [6.45, 7) is 1.57. The van der Waals surface area contributed by atoms with Gasteiger partial charge in [-0.1, -0.05) is 23.8 Å². The van der Waals surface area contributed by atoms with E-state index in [9.17, 15) is 0 Å². The summed E-state index contributed by atoms with van der Waals surface area (Å²) in [4.78, 5) is 0.353. The third-order valence-corrected chi connectivity index (χ3v) is 3.22. The first kappa shape index (κ1) is 12.6. The standard InChI is InChI=1S/C12H15ClN2OS/c13-8-3-4-11(10(6-8)12(14)17)15-9-2-1-5-16-7-9/h3-4,6,9,15H,1-2,5,7H2,(H2,14,17). The minimum absolute atomic E-state index is 0.318. The first-order valence-corrected chi connectivity index (χ1v) is 6.39. The average molecular weight is 271 g/mol. The van der Waals surface area contributed by atoms with Crippen LogP contribution in [0.1, 0.15) is 18.4 Å². The zero-order valence-electron chi connectivity index (χ0n) is 9.41. The number of benzene rings is 1. The summed E-state index contributed by atoms with van der Waals surface area (Å²) in [5.41, 5.74) is 7.41. The molecule has 1 atom stereocenters. The van der Waals surface area contributed by atoms with Crippen LogP contribution in [-0.4, -0.2) is 24.2 Å². The van der Waals surface area contributed by atoms with Gasteiger partial charge in [-0.15, -0.1) is 0 Å². The van der Waals surface area contributed by atoms with E-state index in [0.717, 1.165) is 37.3 Å². The molecular formula is C12H15ClN2OS. The van der Waals surface area contributed by atoms with Crippen molar-refractivity contribution in [3.8, 4) is 0 Å². The Morgan fingerprint density at radius 3 is 3.00 bits per heavy atom. The largest absolute Gasteiger partial charge is 0.389 e. The lowest BCUT2D eigenvalue weighted by molar-refractivity contribution is 0.0876. The van der Waals surface area contributed by atoms with Crippen LogP contribution in [-0.2, 0) is 4.74 Å². The van der Waals surface area contributed by atoms with Gasteiger partial charge in [-0.2, -0.15) is 0 Å². The van der Waals surface area contributed by atoms with Crippen LogP contribution < -0.4 is 11.1 Å². The van der Waals surface area contributed by atoms with Crippen LogP contribution in [0.3, 0.4) is 0 Å². The Hall–Kier alpha value is -0.840. The second kappa shape index (κ2) is 5.67. The molecule has 0 bridgehead atoms. The van der Waals surface area contributed by atoms with Crippen LogP contribution in [0, 0.1) is 0 Å². The highest BCUT2D eigenvalue weighted by atomic mass is 35.5. The van der Waals surface area contributed by atoms with Crippen molar-refractivity contribution in [2.24, 2.45) is 5.73 Å². The van der Waals surface area contributed by atoms with Gasteiger partial charge in [-0.3, -0.25) is 0 Å². The van der Waals surface area contributed by atoms with Crippen LogP contribution in [0.25, 0.3) is 0 Å². The van der Waals surface area contributed by atoms with Gasteiger partial charge in [-0.05, 0) is 31.0 Å². The predicted molar refractivity (Wildman–Crippen MR) is 74.8 cm³/mol. The van der Waals surface area contributed by atoms with E-state index in [4.69, 9.17) is 34.3 Å². The summed E-state index contributed by atoms with van der Waals surface area (Å²) in [5, 5.41) is 4.04. The number of hydrogen-bond acceptors (Lipinski definition) is 3. The lowest BCUT2D eigenvalue weighted by Gasteiger charge is -2.25. The maximum absolute atomic E-state index is 5.94. The molecule has 1 fully saturated rings. The monoisotopic (exact) mass is 270 g/mol. The van der Waals surface area contributed by atoms with Gasteiger partial charge < -0.3 is 15.8 Å². The van der Waals surface area contributed by atoms with Crippen molar-refractivity contribution in [2.45, 2.75) is 18.9 Å². The second-order valence-electron chi connectivity index (χ2n) is 4.11. The minimum Gasteiger partial charge on any atom is -0.389 e. The second-order valence-corrected chi connectivity index (χ2v) is 4.99. The number of ether oxygens (including phenoxy) is 1. The van der Waals surface area contributed by atoms with Gasteiger partial charge in [0.25, 0.3) is 0 Å². The van der Waals surface area contributed by atoms with Gasteiger partial charge in [0.1, 0.15) is 4.99 Å². The molecule has 3 nitrogen and oxygen atoms in total. The maximum Gasteiger partial charge on any atom is 0.106 e. The van der Waals surface area contributed by atoms with E-state index in [2.05, 4.69) is 5.32 Å². The topological polar surface area (TPSA) is 47.3 Å². The Kier molecular flexibility index (Phi) is 4.20. The molecule has 0 aliphatic carbocycles. The van der Waals surface area contributed by atoms with Crippen LogP contribution in [0.15, 0.2) is 18.2 Å². The van der Waals surface area contributed by atoms with E-state index in [1.165, 1.54) is 0 Å². The number of halogens is 1. The molecule has 0 amide bonds. The average Bonchev–Trinajstić information content (AvgIpc) is 2.32. The lowest BCUT2D eigenvalue weighted by Crippen LogP contribution is -2.30. The summed E-state index contributed by atoms with van der Waals surface area (Å²) >= 11 is 11.0. The van der Waals surface area contributed by atoms with Crippen molar-refractivity contribution < 1.29 is 4.74 Å².